The van der Waals surface area contributed by atoms with E-state index in [1.165, 1.54) is 24.3 Å². The molecule has 6 heteroatoms. The molecule has 2 aromatic carbocycles. The molecule has 1 saturated heterocycles. The van der Waals surface area contributed by atoms with E-state index < -0.39 is 0 Å². The Balaban J connectivity index is 1.76. The highest BCUT2D eigenvalue weighted by Gasteiger charge is 2.45. The maximum atomic E-state index is 13.0. The van der Waals surface area contributed by atoms with Crippen LogP contribution in [0, 0.1) is 18.7 Å². The number of halogens is 1. The number of hydrogen-bond donors (Lipinski definition) is 3. The predicted molar refractivity (Wildman–Crippen MR) is 118 cm³/mol. The number of benzene rings is 2. The zero-order valence-electron chi connectivity index (χ0n) is 18.2. The summed E-state index contributed by atoms with van der Waals surface area (Å²) in [5.41, 5.74) is 2.73. The van der Waals surface area contributed by atoms with Gasteiger partial charge in [0.1, 0.15) is 11.6 Å². The molecule has 3 atom stereocenters. The smallest absolute Gasteiger partial charge is 0.319 e. The number of phenolic OH excluding ortho intramolecular Hbond substituents is 1. The Labute approximate surface area is 178 Å². The fraction of sp³-hybridized carbons (Fsp3) is 0.458. The fourth-order valence-corrected chi connectivity index (χ4v) is 4.77. The third kappa shape index (κ3) is 4.59. The first-order chi connectivity index (χ1) is 14.2. The Kier molecular flexibility index (Phi) is 6.66. The molecule has 3 N–H and O–H groups in total. The van der Waals surface area contributed by atoms with Crippen molar-refractivity contribution in [3.05, 3.63) is 59.4 Å². The minimum Gasteiger partial charge on any atom is -0.508 e. The molecule has 0 aromatic heterocycles. The summed E-state index contributed by atoms with van der Waals surface area (Å²) in [6.45, 7) is 8.06. The lowest BCUT2D eigenvalue weighted by atomic mass is 9.61. The van der Waals surface area contributed by atoms with Crippen LogP contribution in [0.4, 0.5) is 14.9 Å². The molecule has 0 radical (unpaired) electrons. The Morgan fingerprint density at radius 2 is 1.93 bits per heavy atom. The zero-order valence-corrected chi connectivity index (χ0v) is 18.2. The topological polar surface area (TPSA) is 64.6 Å². The van der Waals surface area contributed by atoms with E-state index in [0.29, 0.717) is 24.2 Å². The number of carbonyl (C=O) groups excluding carboxylic acids is 1. The number of phenols is 1. The number of urea groups is 1. The van der Waals surface area contributed by atoms with Gasteiger partial charge in [-0.2, -0.15) is 0 Å². The third-order valence-electron chi connectivity index (χ3n) is 6.92. The van der Waals surface area contributed by atoms with Gasteiger partial charge in [0.25, 0.3) is 0 Å². The van der Waals surface area contributed by atoms with Crippen LogP contribution >= 0.6 is 0 Å². The number of hydrogen-bond acceptors (Lipinski definition) is 3. The maximum Gasteiger partial charge on any atom is 0.319 e. The Morgan fingerprint density at radius 3 is 2.63 bits per heavy atom. The normalized spacial score (nSPS) is 24.4. The van der Waals surface area contributed by atoms with E-state index in [1.54, 1.807) is 6.07 Å². The summed E-state index contributed by atoms with van der Waals surface area (Å²) in [6.07, 6.45) is 1.73. The summed E-state index contributed by atoms with van der Waals surface area (Å²) in [6, 6.07) is 11.4. The first kappa shape index (κ1) is 22.1. The van der Waals surface area contributed by atoms with Gasteiger partial charge in [0.05, 0.1) is 0 Å². The molecule has 0 bridgehead atoms. The van der Waals surface area contributed by atoms with Gasteiger partial charge in [0.15, 0.2) is 0 Å². The van der Waals surface area contributed by atoms with E-state index in [2.05, 4.69) is 43.4 Å². The van der Waals surface area contributed by atoms with Crippen LogP contribution in [0.3, 0.4) is 0 Å². The minimum absolute atomic E-state index is 0.141. The van der Waals surface area contributed by atoms with E-state index in [0.717, 1.165) is 30.5 Å². The van der Waals surface area contributed by atoms with E-state index in [-0.39, 0.29) is 23.0 Å². The van der Waals surface area contributed by atoms with Gasteiger partial charge < -0.3 is 20.6 Å². The van der Waals surface area contributed by atoms with Gasteiger partial charge in [-0.05, 0) is 93.7 Å². The van der Waals surface area contributed by atoms with Crippen molar-refractivity contribution in [2.45, 2.75) is 45.1 Å². The van der Waals surface area contributed by atoms with Gasteiger partial charge in [0, 0.05) is 23.7 Å². The SMILES string of the molecule is Cc1ccc(O)cc1C1(CCNC(=O)Nc2ccc(F)cc2)CCN(C)C(C)[C@@H]1C. The van der Waals surface area contributed by atoms with Gasteiger partial charge in [-0.1, -0.05) is 13.0 Å². The van der Waals surface area contributed by atoms with Crippen LogP contribution in [-0.4, -0.2) is 42.2 Å². The average molecular weight is 414 g/mol. The molecule has 1 heterocycles. The summed E-state index contributed by atoms with van der Waals surface area (Å²) in [5.74, 6) is 0.282. The summed E-state index contributed by atoms with van der Waals surface area (Å²) in [5, 5.41) is 15.9. The first-order valence-electron chi connectivity index (χ1n) is 10.5. The fourth-order valence-electron chi connectivity index (χ4n) is 4.77. The molecule has 1 fully saturated rings. The van der Waals surface area contributed by atoms with Gasteiger partial charge in [-0.25, -0.2) is 9.18 Å². The maximum absolute atomic E-state index is 13.0. The number of aryl methyl sites for hydroxylation is 1. The summed E-state index contributed by atoms with van der Waals surface area (Å²) < 4.78 is 13.0. The van der Waals surface area contributed by atoms with E-state index in [4.69, 9.17) is 0 Å². The molecule has 2 amide bonds. The monoisotopic (exact) mass is 413 g/mol. The Morgan fingerprint density at radius 1 is 1.23 bits per heavy atom. The molecule has 162 valence electrons. The van der Waals surface area contributed by atoms with Crippen LogP contribution in [0.25, 0.3) is 0 Å². The highest BCUT2D eigenvalue weighted by molar-refractivity contribution is 5.89. The molecular formula is C24H32FN3O2. The van der Waals surface area contributed by atoms with Crippen molar-refractivity contribution in [3.8, 4) is 5.75 Å². The molecule has 2 unspecified atom stereocenters. The Bertz CT molecular complexity index is 887. The molecule has 0 spiro atoms. The largest absolute Gasteiger partial charge is 0.508 e. The van der Waals surface area contributed by atoms with Crippen molar-refractivity contribution >= 4 is 11.7 Å². The highest BCUT2D eigenvalue weighted by Crippen LogP contribution is 2.46. The number of carbonyl (C=O) groups is 1. The molecule has 0 aliphatic carbocycles. The second kappa shape index (κ2) is 9.04. The van der Waals surface area contributed by atoms with Crippen LogP contribution in [0.1, 0.15) is 37.8 Å². The lowest BCUT2D eigenvalue weighted by molar-refractivity contribution is 0.0584. The number of nitrogens with zero attached hydrogens (tertiary/aromatic N) is 1. The standard InChI is InChI=1S/C24H32FN3O2/c1-16-5-10-21(29)15-22(16)24(12-14-28(4)18(3)17(24)2)11-13-26-23(30)27-20-8-6-19(25)7-9-20/h5-10,15,17-18,29H,11-14H2,1-4H3,(H2,26,27,30)/t17-,18?,24?/m0/s1. The second-order valence-electron chi connectivity index (χ2n) is 8.55. The molecule has 3 rings (SSSR count). The molecule has 30 heavy (non-hydrogen) atoms. The number of piperidine rings is 1. The predicted octanol–water partition coefficient (Wildman–Crippen LogP) is 4.65. The molecular weight excluding hydrogens is 381 g/mol. The van der Waals surface area contributed by atoms with Crippen molar-refractivity contribution in [1.29, 1.82) is 0 Å². The number of likely N-dealkylation sites (tertiary alicyclic amines) is 1. The number of anilines is 1. The van der Waals surface area contributed by atoms with Crippen molar-refractivity contribution in [1.82, 2.24) is 10.2 Å². The van der Waals surface area contributed by atoms with Crippen LogP contribution in [0.2, 0.25) is 0 Å². The minimum atomic E-state index is -0.338. The van der Waals surface area contributed by atoms with Crippen molar-refractivity contribution < 1.29 is 14.3 Å². The molecule has 1 aliphatic heterocycles. The number of aromatic hydroxyl groups is 1. The summed E-state index contributed by atoms with van der Waals surface area (Å²) >= 11 is 0. The number of rotatable bonds is 5. The molecule has 2 aromatic rings. The first-order valence-corrected chi connectivity index (χ1v) is 10.5. The number of amides is 2. The van der Waals surface area contributed by atoms with Crippen LogP contribution in [0.15, 0.2) is 42.5 Å². The van der Waals surface area contributed by atoms with Gasteiger partial charge in [-0.15, -0.1) is 0 Å². The Hall–Kier alpha value is -2.60. The van der Waals surface area contributed by atoms with Crippen LogP contribution in [0.5, 0.6) is 5.75 Å². The third-order valence-corrected chi connectivity index (χ3v) is 6.92. The van der Waals surface area contributed by atoms with E-state index in [1.807, 2.05) is 12.1 Å². The zero-order chi connectivity index (χ0) is 21.9. The summed E-state index contributed by atoms with van der Waals surface area (Å²) in [4.78, 5) is 14.7. The van der Waals surface area contributed by atoms with E-state index >= 15 is 0 Å². The number of nitrogens with one attached hydrogen (secondary N) is 2. The lowest BCUT2D eigenvalue weighted by Crippen LogP contribution is -2.54. The highest BCUT2D eigenvalue weighted by atomic mass is 19.1. The molecule has 0 saturated carbocycles. The van der Waals surface area contributed by atoms with Crippen molar-refractivity contribution in [3.63, 3.8) is 0 Å². The van der Waals surface area contributed by atoms with Crippen LogP contribution < -0.4 is 10.6 Å². The summed E-state index contributed by atoms with van der Waals surface area (Å²) in [7, 11) is 2.15. The quantitative estimate of drug-likeness (QED) is 0.669. The second-order valence-corrected chi connectivity index (χ2v) is 8.55. The lowest BCUT2D eigenvalue weighted by Gasteiger charge is -2.51. The van der Waals surface area contributed by atoms with Crippen molar-refractivity contribution in [2.75, 3.05) is 25.5 Å². The van der Waals surface area contributed by atoms with Crippen LogP contribution in [-0.2, 0) is 5.41 Å². The van der Waals surface area contributed by atoms with Gasteiger partial charge in [-0.3, -0.25) is 0 Å². The van der Waals surface area contributed by atoms with Gasteiger partial charge in [0.2, 0.25) is 0 Å². The van der Waals surface area contributed by atoms with Gasteiger partial charge >= 0.3 is 6.03 Å². The molecule has 1 aliphatic rings. The van der Waals surface area contributed by atoms with Crippen molar-refractivity contribution in [2.24, 2.45) is 5.92 Å². The average Bonchev–Trinajstić information content (AvgIpc) is 2.72. The van der Waals surface area contributed by atoms with E-state index in [9.17, 15) is 14.3 Å². The molecule has 5 nitrogen and oxygen atoms in total.